The van der Waals surface area contributed by atoms with Crippen molar-refractivity contribution < 1.29 is 32.4 Å². The summed E-state index contributed by atoms with van der Waals surface area (Å²) in [5.41, 5.74) is 0.339. The highest BCUT2D eigenvalue weighted by Gasteiger charge is 2.39. The SMILES string of the molecule is Cc1cc(CC(=O)N2CC(O)C[C@H]2C(=O)NCc2ccc(C(F)(F)F)cc2)on1. The lowest BCUT2D eigenvalue weighted by molar-refractivity contribution is -0.138. The van der Waals surface area contributed by atoms with Crippen LogP contribution in [0.4, 0.5) is 13.2 Å². The Morgan fingerprint density at radius 2 is 2.00 bits per heavy atom. The first-order valence-electron chi connectivity index (χ1n) is 8.97. The molecule has 7 nitrogen and oxygen atoms in total. The molecule has 1 aliphatic rings. The molecule has 29 heavy (non-hydrogen) atoms. The van der Waals surface area contributed by atoms with Crippen LogP contribution in [0, 0.1) is 6.92 Å². The van der Waals surface area contributed by atoms with Crippen LogP contribution in [-0.4, -0.2) is 45.7 Å². The van der Waals surface area contributed by atoms with Crippen molar-refractivity contribution in [2.45, 2.75) is 44.6 Å². The summed E-state index contributed by atoms with van der Waals surface area (Å²) in [7, 11) is 0. The van der Waals surface area contributed by atoms with Gasteiger partial charge in [0.2, 0.25) is 11.8 Å². The number of hydrogen-bond acceptors (Lipinski definition) is 5. The highest BCUT2D eigenvalue weighted by Crippen LogP contribution is 2.29. The van der Waals surface area contributed by atoms with Crippen LogP contribution in [0.5, 0.6) is 0 Å². The Bertz CT molecular complexity index is 880. The molecular formula is C19H20F3N3O4. The lowest BCUT2D eigenvalue weighted by Crippen LogP contribution is -2.46. The van der Waals surface area contributed by atoms with Crippen molar-refractivity contribution >= 4 is 11.8 Å². The number of aliphatic hydroxyl groups excluding tert-OH is 1. The number of aryl methyl sites for hydroxylation is 1. The monoisotopic (exact) mass is 411 g/mol. The predicted molar refractivity (Wildman–Crippen MR) is 94.4 cm³/mol. The van der Waals surface area contributed by atoms with E-state index in [0.717, 1.165) is 12.1 Å². The van der Waals surface area contributed by atoms with Gasteiger partial charge >= 0.3 is 6.18 Å². The zero-order valence-electron chi connectivity index (χ0n) is 15.6. The van der Waals surface area contributed by atoms with Crippen molar-refractivity contribution in [3.8, 4) is 0 Å². The van der Waals surface area contributed by atoms with E-state index in [0.29, 0.717) is 17.0 Å². The summed E-state index contributed by atoms with van der Waals surface area (Å²) in [4.78, 5) is 26.3. The van der Waals surface area contributed by atoms with Crippen LogP contribution >= 0.6 is 0 Å². The minimum absolute atomic E-state index is 0.00684. The summed E-state index contributed by atoms with van der Waals surface area (Å²) >= 11 is 0. The van der Waals surface area contributed by atoms with Gasteiger partial charge in [0.25, 0.3) is 0 Å². The molecule has 3 rings (SSSR count). The van der Waals surface area contributed by atoms with Crippen LogP contribution in [0.3, 0.4) is 0 Å². The molecule has 10 heteroatoms. The molecular weight excluding hydrogens is 391 g/mol. The number of rotatable bonds is 5. The molecule has 1 aromatic carbocycles. The predicted octanol–water partition coefficient (Wildman–Crippen LogP) is 1.82. The Hall–Kier alpha value is -2.88. The zero-order valence-corrected chi connectivity index (χ0v) is 15.6. The van der Waals surface area contributed by atoms with E-state index < -0.39 is 29.8 Å². The van der Waals surface area contributed by atoms with Gasteiger partial charge in [-0.15, -0.1) is 0 Å². The minimum Gasteiger partial charge on any atom is -0.391 e. The van der Waals surface area contributed by atoms with Gasteiger partial charge in [-0.1, -0.05) is 17.3 Å². The highest BCUT2D eigenvalue weighted by molar-refractivity contribution is 5.89. The fraction of sp³-hybridized carbons (Fsp3) is 0.421. The number of carbonyl (C=O) groups is 2. The van der Waals surface area contributed by atoms with Gasteiger partial charge < -0.3 is 19.8 Å². The topological polar surface area (TPSA) is 95.7 Å². The molecule has 0 aliphatic carbocycles. The van der Waals surface area contributed by atoms with Gasteiger partial charge in [-0.25, -0.2) is 0 Å². The number of amides is 2. The number of hydrogen-bond donors (Lipinski definition) is 2. The van der Waals surface area contributed by atoms with E-state index in [-0.39, 0.29) is 31.8 Å². The van der Waals surface area contributed by atoms with Crippen molar-refractivity contribution in [2.24, 2.45) is 0 Å². The van der Waals surface area contributed by atoms with Gasteiger partial charge in [0.15, 0.2) is 0 Å². The lowest BCUT2D eigenvalue weighted by Gasteiger charge is -2.23. The number of likely N-dealkylation sites (tertiary alicyclic amines) is 1. The Morgan fingerprint density at radius 1 is 1.31 bits per heavy atom. The Kier molecular flexibility index (Phi) is 5.92. The molecule has 156 valence electrons. The van der Waals surface area contributed by atoms with Crippen molar-refractivity contribution in [3.63, 3.8) is 0 Å². The van der Waals surface area contributed by atoms with E-state index in [4.69, 9.17) is 4.52 Å². The summed E-state index contributed by atoms with van der Waals surface area (Å²) in [5.74, 6) is -0.506. The van der Waals surface area contributed by atoms with Gasteiger partial charge in [0, 0.05) is 25.6 Å². The van der Waals surface area contributed by atoms with E-state index in [9.17, 15) is 27.9 Å². The van der Waals surface area contributed by atoms with Gasteiger partial charge in [0.1, 0.15) is 11.8 Å². The van der Waals surface area contributed by atoms with E-state index in [2.05, 4.69) is 10.5 Å². The summed E-state index contributed by atoms with van der Waals surface area (Å²) in [6.07, 6.45) is -5.27. The molecule has 1 saturated heterocycles. The number of alkyl halides is 3. The van der Waals surface area contributed by atoms with Crippen LogP contribution in [-0.2, 0) is 28.7 Å². The maximum atomic E-state index is 12.6. The number of nitrogens with one attached hydrogen (secondary N) is 1. The first-order chi connectivity index (χ1) is 13.6. The molecule has 2 aromatic rings. The molecule has 1 aliphatic heterocycles. The number of aromatic nitrogens is 1. The van der Waals surface area contributed by atoms with Gasteiger partial charge in [-0.2, -0.15) is 13.2 Å². The minimum atomic E-state index is -4.43. The average Bonchev–Trinajstić information content (AvgIpc) is 3.24. The Balaban J connectivity index is 1.60. The average molecular weight is 411 g/mol. The standard InChI is InChI=1S/C19H20F3N3O4/c1-11-6-15(29-24-11)8-17(27)25-10-14(26)7-16(25)18(28)23-9-12-2-4-13(5-3-12)19(20,21)22/h2-6,14,16,26H,7-10H2,1H3,(H,23,28)/t14?,16-/m0/s1. The summed E-state index contributed by atoms with van der Waals surface area (Å²) < 4.78 is 42.8. The summed E-state index contributed by atoms with van der Waals surface area (Å²) in [6.45, 7) is 1.74. The Labute approximate surface area is 164 Å². The second kappa shape index (κ2) is 8.24. The van der Waals surface area contributed by atoms with E-state index >= 15 is 0 Å². The quantitative estimate of drug-likeness (QED) is 0.783. The van der Waals surface area contributed by atoms with Crippen molar-refractivity contribution in [2.75, 3.05) is 6.54 Å². The molecule has 0 radical (unpaired) electrons. The molecule has 2 heterocycles. The first kappa shape index (κ1) is 20.8. The van der Waals surface area contributed by atoms with Crippen LogP contribution < -0.4 is 5.32 Å². The number of β-amino-alcohol motifs (C(OH)–C–C–N with tert-alkyl or cyclic N) is 1. The summed E-state index contributed by atoms with van der Waals surface area (Å²) in [6, 6.07) is 5.19. The molecule has 0 spiro atoms. The molecule has 2 N–H and O–H groups in total. The molecule has 0 saturated carbocycles. The maximum Gasteiger partial charge on any atom is 0.416 e. The molecule has 1 unspecified atom stereocenters. The van der Waals surface area contributed by atoms with Crippen LogP contribution in [0.25, 0.3) is 0 Å². The van der Waals surface area contributed by atoms with Crippen LogP contribution in [0.15, 0.2) is 34.9 Å². The normalized spacial score (nSPS) is 19.4. The third-order valence-corrected chi connectivity index (χ3v) is 4.65. The maximum absolute atomic E-state index is 12.6. The number of aliphatic hydroxyl groups is 1. The second-order valence-electron chi connectivity index (χ2n) is 6.98. The molecule has 0 bridgehead atoms. The molecule has 1 aromatic heterocycles. The van der Waals surface area contributed by atoms with E-state index in [1.54, 1.807) is 13.0 Å². The van der Waals surface area contributed by atoms with Gasteiger partial charge in [-0.3, -0.25) is 9.59 Å². The van der Waals surface area contributed by atoms with Crippen molar-refractivity contribution in [1.82, 2.24) is 15.4 Å². The molecule has 2 amide bonds. The van der Waals surface area contributed by atoms with Crippen molar-refractivity contribution in [1.29, 1.82) is 0 Å². The van der Waals surface area contributed by atoms with Gasteiger partial charge in [0.05, 0.1) is 23.8 Å². The second-order valence-corrected chi connectivity index (χ2v) is 6.98. The van der Waals surface area contributed by atoms with Gasteiger partial charge in [-0.05, 0) is 24.6 Å². The number of carbonyl (C=O) groups excluding carboxylic acids is 2. The highest BCUT2D eigenvalue weighted by atomic mass is 19.4. The smallest absolute Gasteiger partial charge is 0.391 e. The molecule has 1 fully saturated rings. The van der Waals surface area contributed by atoms with Crippen LogP contribution in [0.1, 0.15) is 29.0 Å². The third kappa shape index (κ3) is 5.14. The zero-order chi connectivity index (χ0) is 21.2. The van der Waals surface area contributed by atoms with Crippen LogP contribution in [0.2, 0.25) is 0 Å². The number of nitrogens with zero attached hydrogens (tertiary/aromatic N) is 2. The first-order valence-corrected chi connectivity index (χ1v) is 8.97. The lowest BCUT2D eigenvalue weighted by atomic mass is 10.1. The number of halogens is 3. The molecule has 2 atom stereocenters. The fourth-order valence-corrected chi connectivity index (χ4v) is 3.21. The fourth-order valence-electron chi connectivity index (χ4n) is 3.21. The Morgan fingerprint density at radius 3 is 2.59 bits per heavy atom. The number of benzene rings is 1. The van der Waals surface area contributed by atoms with E-state index in [1.165, 1.54) is 17.0 Å². The van der Waals surface area contributed by atoms with Crippen molar-refractivity contribution in [3.05, 3.63) is 52.9 Å². The third-order valence-electron chi connectivity index (χ3n) is 4.65. The largest absolute Gasteiger partial charge is 0.416 e. The van der Waals surface area contributed by atoms with E-state index in [1.807, 2.05) is 0 Å². The summed E-state index contributed by atoms with van der Waals surface area (Å²) in [5, 5.41) is 16.2.